The lowest BCUT2D eigenvalue weighted by Gasteiger charge is -2.30. The molecule has 2 aromatic rings. The number of carbonyl (C=O) groups is 1. The predicted octanol–water partition coefficient (Wildman–Crippen LogP) is 4.74. The second-order valence-corrected chi connectivity index (χ2v) is 11.4. The summed E-state index contributed by atoms with van der Waals surface area (Å²) in [5.41, 5.74) is 2.39. The van der Waals surface area contributed by atoms with Crippen molar-refractivity contribution < 1.29 is 13.2 Å². The smallest absolute Gasteiger partial charge is 0.255 e. The van der Waals surface area contributed by atoms with E-state index in [0.717, 1.165) is 51.2 Å². The lowest BCUT2D eigenvalue weighted by atomic mass is 9.99. The number of rotatable bonds is 6. The average molecular weight is 470 g/mol. The fourth-order valence-corrected chi connectivity index (χ4v) is 6.31. The van der Waals surface area contributed by atoms with Gasteiger partial charge >= 0.3 is 0 Å². The summed E-state index contributed by atoms with van der Waals surface area (Å²) in [5.74, 6) is 0.547. The molecule has 0 radical (unpaired) electrons. The van der Waals surface area contributed by atoms with E-state index in [1.54, 1.807) is 28.6 Å². The molecular formula is C26H35N3O3S. The number of benzene rings is 2. The Morgan fingerprint density at radius 1 is 0.909 bits per heavy atom. The molecule has 4 rings (SSSR count). The van der Waals surface area contributed by atoms with Crippen LogP contribution in [0.3, 0.4) is 0 Å². The second-order valence-electron chi connectivity index (χ2n) is 9.48. The number of hydrogen-bond acceptors (Lipinski definition) is 4. The molecule has 0 spiro atoms. The van der Waals surface area contributed by atoms with Gasteiger partial charge in [-0.2, -0.15) is 4.31 Å². The molecule has 0 aliphatic carbocycles. The number of piperidine rings is 1. The minimum atomic E-state index is -3.49. The first-order valence-electron chi connectivity index (χ1n) is 12.1. The van der Waals surface area contributed by atoms with E-state index in [-0.39, 0.29) is 10.8 Å². The van der Waals surface area contributed by atoms with Crippen LogP contribution in [0.1, 0.15) is 61.4 Å². The van der Waals surface area contributed by atoms with E-state index in [1.807, 2.05) is 24.3 Å². The highest BCUT2D eigenvalue weighted by atomic mass is 32.2. The topological polar surface area (TPSA) is 69.7 Å². The SMILES string of the molecule is C[C@H]1CCCN(Cc2ccc(C(=O)Nc3ccc(S(=O)(=O)N4CCCCCC4)cc3)cc2)C1. The summed E-state index contributed by atoms with van der Waals surface area (Å²) < 4.78 is 27.4. The van der Waals surface area contributed by atoms with Crippen molar-refractivity contribution in [2.24, 2.45) is 5.92 Å². The molecule has 1 amide bonds. The van der Waals surface area contributed by atoms with Gasteiger partial charge in [0.15, 0.2) is 0 Å². The zero-order valence-corrected chi connectivity index (χ0v) is 20.3. The number of carbonyl (C=O) groups excluding carboxylic acids is 1. The Labute approximate surface area is 198 Å². The number of nitrogens with zero attached hydrogens (tertiary/aromatic N) is 2. The summed E-state index contributed by atoms with van der Waals surface area (Å²) in [5, 5.41) is 2.88. The first kappa shape index (κ1) is 23.9. The summed E-state index contributed by atoms with van der Waals surface area (Å²) in [6.07, 6.45) is 6.53. The monoisotopic (exact) mass is 469 g/mol. The van der Waals surface area contributed by atoms with Gasteiger partial charge < -0.3 is 5.32 Å². The lowest BCUT2D eigenvalue weighted by Crippen LogP contribution is -2.33. The third-order valence-corrected chi connectivity index (χ3v) is 8.59. The first-order chi connectivity index (χ1) is 15.9. The van der Waals surface area contributed by atoms with E-state index in [9.17, 15) is 13.2 Å². The van der Waals surface area contributed by atoms with Crippen molar-refractivity contribution >= 4 is 21.6 Å². The molecule has 33 heavy (non-hydrogen) atoms. The van der Waals surface area contributed by atoms with Gasteiger partial charge in [0.25, 0.3) is 5.91 Å². The lowest BCUT2D eigenvalue weighted by molar-refractivity contribution is 0.102. The molecule has 1 atom stereocenters. The van der Waals surface area contributed by atoms with Gasteiger partial charge in [-0.15, -0.1) is 0 Å². The second kappa shape index (κ2) is 10.8. The Kier molecular flexibility index (Phi) is 7.83. The van der Waals surface area contributed by atoms with Gasteiger partial charge in [0.1, 0.15) is 0 Å². The molecule has 1 N–H and O–H groups in total. The van der Waals surface area contributed by atoms with Crippen molar-refractivity contribution in [3.05, 3.63) is 59.7 Å². The van der Waals surface area contributed by atoms with Crippen molar-refractivity contribution in [3.8, 4) is 0 Å². The van der Waals surface area contributed by atoms with Crippen LogP contribution in [0.2, 0.25) is 0 Å². The van der Waals surface area contributed by atoms with Crippen LogP contribution < -0.4 is 5.32 Å². The van der Waals surface area contributed by atoms with Crippen LogP contribution in [-0.4, -0.2) is 49.7 Å². The highest BCUT2D eigenvalue weighted by Crippen LogP contribution is 2.22. The fraction of sp³-hybridized carbons (Fsp3) is 0.500. The molecular weight excluding hydrogens is 434 g/mol. The number of nitrogens with one attached hydrogen (secondary N) is 1. The molecule has 178 valence electrons. The maximum absolute atomic E-state index is 12.9. The highest BCUT2D eigenvalue weighted by Gasteiger charge is 2.25. The molecule has 6 nitrogen and oxygen atoms in total. The number of sulfonamides is 1. The molecule has 2 saturated heterocycles. The molecule has 0 saturated carbocycles. The van der Waals surface area contributed by atoms with Crippen LogP contribution in [0.15, 0.2) is 53.4 Å². The third-order valence-electron chi connectivity index (χ3n) is 6.68. The van der Waals surface area contributed by atoms with E-state index in [1.165, 1.54) is 18.4 Å². The van der Waals surface area contributed by atoms with Gasteiger partial charge in [-0.25, -0.2) is 8.42 Å². The number of amides is 1. The molecule has 0 unspecified atom stereocenters. The molecule has 0 bridgehead atoms. The number of anilines is 1. The van der Waals surface area contributed by atoms with Crippen LogP contribution in [0.4, 0.5) is 5.69 Å². The quantitative estimate of drug-likeness (QED) is 0.664. The third kappa shape index (κ3) is 6.22. The summed E-state index contributed by atoms with van der Waals surface area (Å²) in [6.45, 7) is 6.64. The molecule has 0 aromatic heterocycles. The first-order valence-corrected chi connectivity index (χ1v) is 13.6. The largest absolute Gasteiger partial charge is 0.322 e. The molecule has 2 fully saturated rings. The Morgan fingerprint density at radius 2 is 1.58 bits per heavy atom. The standard InChI is InChI=1S/C26H35N3O3S/c1-21-7-6-16-28(19-21)20-22-8-10-23(11-9-22)26(30)27-24-12-14-25(15-13-24)33(31,32)29-17-4-2-3-5-18-29/h8-15,21H,2-7,16-20H2,1H3,(H,27,30)/t21-/m0/s1. The van der Waals surface area contributed by atoms with E-state index >= 15 is 0 Å². The summed E-state index contributed by atoms with van der Waals surface area (Å²) in [4.78, 5) is 15.4. The van der Waals surface area contributed by atoms with Crippen molar-refractivity contribution in [2.75, 3.05) is 31.5 Å². The van der Waals surface area contributed by atoms with Crippen LogP contribution >= 0.6 is 0 Å². The number of likely N-dealkylation sites (tertiary alicyclic amines) is 1. The molecule has 2 aliphatic heterocycles. The summed E-state index contributed by atoms with van der Waals surface area (Å²) >= 11 is 0. The van der Waals surface area contributed by atoms with E-state index in [4.69, 9.17) is 0 Å². The molecule has 2 heterocycles. The predicted molar refractivity (Wildman–Crippen MR) is 132 cm³/mol. The number of hydrogen-bond donors (Lipinski definition) is 1. The van der Waals surface area contributed by atoms with Gasteiger partial charge in [0.05, 0.1) is 4.90 Å². The Hall–Kier alpha value is -2.22. The van der Waals surface area contributed by atoms with Gasteiger partial charge in [0, 0.05) is 37.4 Å². The van der Waals surface area contributed by atoms with Crippen molar-refractivity contribution in [1.29, 1.82) is 0 Å². The maximum Gasteiger partial charge on any atom is 0.255 e. The Bertz CT molecular complexity index is 1030. The van der Waals surface area contributed by atoms with Crippen molar-refractivity contribution in [3.63, 3.8) is 0 Å². The van der Waals surface area contributed by atoms with Crippen LogP contribution in [-0.2, 0) is 16.6 Å². The Morgan fingerprint density at radius 3 is 2.21 bits per heavy atom. The van der Waals surface area contributed by atoms with Gasteiger partial charge in [-0.3, -0.25) is 9.69 Å². The van der Waals surface area contributed by atoms with E-state index < -0.39 is 10.0 Å². The minimum absolute atomic E-state index is 0.198. The van der Waals surface area contributed by atoms with Gasteiger partial charge in [0.2, 0.25) is 10.0 Å². The maximum atomic E-state index is 12.9. The minimum Gasteiger partial charge on any atom is -0.322 e. The Balaban J connectivity index is 1.35. The van der Waals surface area contributed by atoms with Crippen LogP contribution in [0, 0.1) is 5.92 Å². The highest BCUT2D eigenvalue weighted by molar-refractivity contribution is 7.89. The van der Waals surface area contributed by atoms with Crippen molar-refractivity contribution in [2.45, 2.75) is 56.9 Å². The van der Waals surface area contributed by atoms with Gasteiger partial charge in [-0.1, -0.05) is 31.9 Å². The molecule has 7 heteroatoms. The van der Waals surface area contributed by atoms with Gasteiger partial charge in [-0.05, 0) is 80.1 Å². The zero-order chi connectivity index (χ0) is 23.3. The fourth-order valence-electron chi connectivity index (χ4n) is 4.79. The molecule has 2 aromatic carbocycles. The summed E-state index contributed by atoms with van der Waals surface area (Å²) in [7, 11) is -3.49. The molecule has 2 aliphatic rings. The van der Waals surface area contributed by atoms with Crippen LogP contribution in [0.5, 0.6) is 0 Å². The zero-order valence-electron chi connectivity index (χ0n) is 19.5. The van der Waals surface area contributed by atoms with E-state index in [2.05, 4.69) is 17.1 Å². The van der Waals surface area contributed by atoms with Crippen LogP contribution in [0.25, 0.3) is 0 Å². The summed E-state index contributed by atoms with van der Waals surface area (Å²) in [6, 6.07) is 14.2. The van der Waals surface area contributed by atoms with E-state index in [0.29, 0.717) is 24.3 Å². The normalized spacial score (nSPS) is 20.8. The average Bonchev–Trinajstić information content (AvgIpc) is 3.10. The van der Waals surface area contributed by atoms with Crippen molar-refractivity contribution in [1.82, 2.24) is 9.21 Å².